The minimum absolute atomic E-state index is 0.229. The molecule has 0 radical (unpaired) electrons. The van der Waals surface area contributed by atoms with Crippen molar-refractivity contribution >= 4 is 11.8 Å². The summed E-state index contributed by atoms with van der Waals surface area (Å²) >= 11 is 0. The maximum absolute atomic E-state index is 12.0. The van der Waals surface area contributed by atoms with Crippen LogP contribution in [0.2, 0.25) is 0 Å². The van der Waals surface area contributed by atoms with Crippen LogP contribution in [0.25, 0.3) is 0 Å². The smallest absolute Gasteiger partial charge is 0.303 e. The third-order valence-electron chi connectivity index (χ3n) is 9.49. The fraction of sp³-hybridized carbons (Fsp3) is 0.833. The number of allylic oxidation sites excluding steroid dienone is 2. The monoisotopic (exact) mass is 372 g/mol. The summed E-state index contributed by atoms with van der Waals surface area (Å²) in [5.74, 6) is 3.60. The predicted molar refractivity (Wildman–Crippen MR) is 106 cm³/mol. The average molecular weight is 373 g/mol. The highest BCUT2D eigenvalue weighted by molar-refractivity contribution is 5.79. The number of hydrogen-bond donors (Lipinski definition) is 1. The van der Waals surface area contributed by atoms with Crippen molar-refractivity contribution in [2.45, 2.75) is 78.6 Å². The fourth-order valence-electron chi connectivity index (χ4n) is 7.91. The number of carboxylic acids is 1. The van der Waals surface area contributed by atoms with Crippen molar-refractivity contribution < 1.29 is 14.7 Å². The van der Waals surface area contributed by atoms with Gasteiger partial charge in [-0.2, -0.15) is 0 Å². The van der Waals surface area contributed by atoms with E-state index in [1.165, 1.54) is 25.7 Å². The number of hydrogen-bond acceptors (Lipinski definition) is 2. The number of carbonyl (C=O) groups is 2. The van der Waals surface area contributed by atoms with E-state index in [0.29, 0.717) is 41.3 Å². The highest BCUT2D eigenvalue weighted by Crippen LogP contribution is 2.65. The summed E-state index contributed by atoms with van der Waals surface area (Å²) in [5, 5.41) is 9.08. The van der Waals surface area contributed by atoms with Gasteiger partial charge < -0.3 is 5.11 Å². The molecule has 0 amide bonds. The number of aliphatic carboxylic acids is 1. The second kappa shape index (κ2) is 6.74. The molecule has 4 aliphatic carbocycles. The first-order chi connectivity index (χ1) is 12.8. The molecule has 0 heterocycles. The molecular weight excluding hydrogens is 336 g/mol. The lowest BCUT2D eigenvalue weighted by Gasteiger charge is -2.58. The first-order valence-electron chi connectivity index (χ1n) is 11.2. The van der Waals surface area contributed by atoms with E-state index in [4.69, 9.17) is 5.11 Å². The van der Waals surface area contributed by atoms with E-state index >= 15 is 0 Å². The Morgan fingerprint density at radius 3 is 2.78 bits per heavy atom. The molecule has 0 aromatic carbocycles. The van der Waals surface area contributed by atoms with Gasteiger partial charge in [0, 0.05) is 19.3 Å². The Morgan fingerprint density at radius 1 is 1.26 bits per heavy atom. The average Bonchev–Trinajstić information content (AvgIpc) is 2.97. The zero-order chi connectivity index (χ0) is 19.4. The van der Waals surface area contributed by atoms with Gasteiger partial charge in [-0.15, -0.1) is 0 Å². The summed E-state index contributed by atoms with van der Waals surface area (Å²) < 4.78 is 0. The van der Waals surface area contributed by atoms with E-state index in [1.807, 2.05) is 0 Å². The lowest BCUT2D eigenvalue weighted by Crippen LogP contribution is -2.51. The summed E-state index contributed by atoms with van der Waals surface area (Å²) in [5.41, 5.74) is 0.536. The molecule has 150 valence electrons. The lowest BCUT2D eigenvalue weighted by molar-refractivity contribution is -0.137. The number of rotatable bonds is 4. The van der Waals surface area contributed by atoms with Crippen LogP contribution < -0.4 is 0 Å². The van der Waals surface area contributed by atoms with E-state index < -0.39 is 5.97 Å². The molecule has 1 N–H and O–H groups in total. The SMILES string of the molecule is C[C@H](CCC(=O)O)[C@H]1CCC2C3CC[C@@H]4CC(=O)CC[C@]4(C)C3C=C[C@@]21C. The molecule has 0 aliphatic heterocycles. The van der Waals surface area contributed by atoms with Crippen molar-refractivity contribution in [3.63, 3.8) is 0 Å². The molecule has 0 bridgehead atoms. The molecule has 0 saturated heterocycles. The molecule has 3 nitrogen and oxygen atoms in total. The number of Topliss-reactive ketones (excluding diaryl/α,β-unsaturated/α-hetero) is 1. The van der Waals surface area contributed by atoms with E-state index in [-0.39, 0.29) is 5.41 Å². The van der Waals surface area contributed by atoms with Gasteiger partial charge in [0.25, 0.3) is 0 Å². The highest BCUT2D eigenvalue weighted by Gasteiger charge is 2.58. The van der Waals surface area contributed by atoms with Gasteiger partial charge in [0.05, 0.1) is 0 Å². The second-order valence-corrected chi connectivity index (χ2v) is 10.6. The topological polar surface area (TPSA) is 54.4 Å². The Kier molecular flexibility index (Phi) is 4.79. The van der Waals surface area contributed by atoms with Crippen molar-refractivity contribution in [1.82, 2.24) is 0 Å². The minimum atomic E-state index is -0.668. The van der Waals surface area contributed by atoms with Crippen molar-refractivity contribution in [3.05, 3.63) is 12.2 Å². The first-order valence-corrected chi connectivity index (χ1v) is 11.2. The minimum Gasteiger partial charge on any atom is -0.481 e. The summed E-state index contributed by atoms with van der Waals surface area (Å²) in [4.78, 5) is 23.0. The van der Waals surface area contributed by atoms with Gasteiger partial charge >= 0.3 is 5.97 Å². The molecule has 0 aromatic heterocycles. The Morgan fingerprint density at radius 2 is 2.04 bits per heavy atom. The van der Waals surface area contributed by atoms with Crippen LogP contribution >= 0.6 is 0 Å². The quantitative estimate of drug-likeness (QED) is 0.664. The van der Waals surface area contributed by atoms with E-state index in [0.717, 1.165) is 37.5 Å². The summed E-state index contributed by atoms with van der Waals surface area (Å²) in [6, 6.07) is 0. The maximum Gasteiger partial charge on any atom is 0.303 e. The second-order valence-electron chi connectivity index (χ2n) is 10.6. The Bertz CT molecular complexity index is 652. The molecule has 3 saturated carbocycles. The van der Waals surface area contributed by atoms with Gasteiger partial charge in [-0.05, 0) is 84.9 Å². The van der Waals surface area contributed by atoms with Crippen LogP contribution in [0.4, 0.5) is 0 Å². The Labute approximate surface area is 164 Å². The Hall–Kier alpha value is -1.12. The van der Waals surface area contributed by atoms with Crippen LogP contribution in [0.5, 0.6) is 0 Å². The molecule has 4 rings (SSSR count). The third kappa shape index (κ3) is 3.00. The van der Waals surface area contributed by atoms with E-state index in [2.05, 4.69) is 32.9 Å². The van der Waals surface area contributed by atoms with Crippen LogP contribution in [0.3, 0.4) is 0 Å². The van der Waals surface area contributed by atoms with Gasteiger partial charge in [0.15, 0.2) is 0 Å². The normalized spacial score (nSPS) is 47.1. The van der Waals surface area contributed by atoms with Crippen LogP contribution in [-0.4, -0.2) is 16.9 Å². The molecule has 4 aliphatic rings. The zero-order valence-corrected chi connectivity index (χ0v) is 17.2. The van der Waals surface area contributed by atoms with Crippen LogP contribution in [0, 0.1) is 46.3 Å². The predicted octanol–water partition coefficient (Wildman–Crippen LogP) is 5.49. The van der Waals surface area contributed by atoms with Crippen LogP contribution in [-0.2, 0) is 9.59 Å². The van der Waals surface area contributed by atoms with Crippen molar-refractivity contribution in [2.24, 2.45) is 46.3 Å². The first kappa shape index (κ1) is 19.2. The molecule has 3 fully saturated rings. The molecule has 3 unspecified atom stereocenters. The molecule has 3 heteroatoms. The van der Waals surface area contributed by atoms with Gasteiger partial charge in [-0.3, -0.25) is 9.59 Å². The maximum atomic E-state index is 12.0. The van der Waals surface area contributed by atoms with Crippen molar-refractivity contribution in [3.8, 4) is 0 Å². The molecular formula is C24H36O3. The van der Waals surface area contributed by atoms with E-state index in [1.54, 1.807) is 0 Å². The zero-order valence-electron chi connectivity index (χ0n) is 17.2. The molecule has 27 heavy (non-hydrogen) atoms. The van der Waals surface area contributed by atoms with Crippen molar-refractivity contribution in [1.29, 1.82) is 0 Å². The van der Waals surface area contributed by atoms with Crippen LogP contribution in [0.1, 0.15) is 78.6 Å². The fourth-order valence-corrected chi connectivity index (χ4v) is 7.91. The molecule has 8 atom stereocenters. The highest BCUT2D eigenvalue weighted by atomic mass is 16.4. The molecule has 0 aromatic rings. The van der Waals surface area contributed by atoms with Gasteiger partial charge in [0.2, 0.25) is 0 Å². The molecule has 0 spiro atoms. The van der Waals surface area contributed by atoms with E-state index in [9.17, 15) is 9.59 Å². The standard InChI is InChI=1S/C24H36O3/c1-15(4-9-22(26)27)19-7-8-20-18-6-5-16-14-17(25)10-12-23(16,2)21(18)11-13-24(19,20)3/h11,13,15-16,18-21H,4-10,12,14H2,1-3H3,(H,26,27)/t15-,16-,18?,19-,20?,21?,23+,24-/m1/s1. The summed E-state index contributed by atoms with van der Waals surface area (Å²) in [6.07, 6.45) is 13.9. The number of ketones is 1. The van der Waals surface area contributed by atoms with Crippen LogP contribution in [0.15, 0.2) is 12.2 Å². The van der Waals surface area contributed by atoms with Gasteiger partial charge in [-0.1, -0.05) is 32.9 Å². The summed E-state index contributed by atoms with van der Waals surface area (Å²) in [7, 11) is 0. The number of carboxylic acid groups (broad SMARTS) is 1. The van der Waals surface area contributed by atoms with Gasteiger partial charge in [0.1, 0.15) is 5.78 Å². The number of carbonyl (C=O) groups excluding carboxylic acids is 1. The Balaban J connectivity index is 1.57. The summed E-state index contributed by atoms with van der Waals surface area (Å²) in [6.45, 7) is 7.19. The van der Waals surface area contributed by atoms with Crippen molar-refractivity contribution in [2.75, 3.05) is 0 Å². The number of fused-ring (bicyclic) bond motifs is 5. The lowest BCUT2D eigenvalue weighted by atomic mass is 9.46. The largest absolute Gasteiger partial charge is 0.481 e. The van der Waals surface area contributed by atoms with Gasteiger partial charge in [-0.25, -0.2) is 0 Å². The third-order valence-corrected chi connectivity index (χ3v) is 9.49.